The summed E-state index contributed by atoms with van der Waals surface area (Å²) in [5.74, 6) is -0.888. The van der Waals surface area contributed by atoms with E-state index in [9.17, 15) is 28.7 Å². The molecule has 1 unspecified atom stereocenters. The largest absolute Gasteiger partial charge is 0.388 e. The zero-order valence-electron chi connectivity index (χ0n) is 34.2. The molecule has 0 radical (unpaired) electrons. The van der Waals surface area contributed by atoms with Crippen LogP contribution in [0.4, 0.5) is 26.1 Å². The second kappa shape index (κ2) is 19.8. The van der Waals surface area contributed by atoms with Gasteiger partial charge in [0.15, 0.2) is 5.82 Å². The number of hydrogen-bond donors (Lipinski definition) is 4. The lowest BCUT2D eigenvalue weighted by atomic mass is 9.85. The molecule has 3 saturated heterocycles. The first-order valence-corrected chi connectivity index (χ1v) is 21.2. The number of nitrogens with zero attached hydrogens (tertiary/aromatic N) is 5. The molecule has 4 aliphatic rings. The van der Waals surface area contributed by atoms with Gasteiger partial charge in [0.1, 0.15) is 17.6 Å². The summed E-state index contributed by atoms with van der Waals surface area (Å²) in [6.07, 6.45) is 10.5. The van der Waals surface area contributed by atoms with Crippen LogP contribution in [0.15, 0.2) is 48.7 Å². The molecule has 1 atom stereocenters. The topological polar surface area (TPSA) is 174 Å². The normalized spacial score (nSPS) is 20.3. The summed E-state index contributed by atoms with van der Waals surface area (Å²) < 4.78 is 28.9. The summed E-state index contributed by atoms with van der Waals surface area (Å²) in [5, 5.41) is 16.6. The van der Waals surface area contributed by atoms with E-state index >= 15 is 4.39 Å². The van der Waals surface area contributed by atoms with E-state index in [2.05, 4.69) is 25.5 Å². The van der Waals surface area contributed by atoms with Crippen LogP contribution in [0.2, 0.25) is 0 Å². The number of nitrogens with two attached hydrogens (primary N) is 1. The molecular formula is C44H58F2N8O5. The number of anilines is 3. The molecule has 318 valence electrons. The van der Waals surface area contributed by atoms with Gasteiger partial charge in [0.25, 0.3) is 0 Å². The van der Waals surface area contributed by atoms with Crippen molar-refractivity contribution in [2.75, 3.05) is 55.2 Å². The van der Waals surface area contributed by atoms with Gasteiger partial charge in [-0.05, 0) is 101 Å². The number of carbonyl (C=O) groups is 4. The molecule has 4 fully saturated rings. The Morgan fingerprint density at radius 1 is 0.966 bits per heavy atom. The van der Waals surface area contributed by atoms with E-state index in [0.29, 0.717) is 74.4 Å². The third-order valence-electron chi connectivity index (χ3n) is 12.2. The number of benzene rings is 2. The van der Waals surface area contributed by atoms with Crippen molar-refractivity contribution in [2.24, 2.45) is 5.92 Å². The first-order valence-electron chi connectivity index (χ1n) is 21.2. The zero-order chi connectivity index (χ0) is 42.1. The van der Waals surface area contributed by atoms with Crippen molar-refractivity contribution in [3.05, 3.63) is 65.9 Å². The number of aliphatic hydroxyl groups is 1. The first-order chi connectivity index (χ1) is 28.4. The minimum absolute atomic E-state index is 0.00813. The maximum atomic E-state index is 15.0. The van der Waals surface area contributed by atoms with Crippen molar-refractivity contribution in [2.45, 2.75) is 108 Å². The molecule has 59 heavy (non-hydrogen) atoms. The second-order valence-electron chi connectivity index (χ2n) is 16.3. The SMILES string of the molecule is CCC(=O)N(CC)c1cccc(-c2nc(N)ncc2F)c1.O=C1CCC(Nc2ccc(C3CCN(CC4(O)CCN(C(=O)C5CCCCC5)CC4)CC3)c(F)c2)C(=O)N1. The lowest BCUT2D eigenvalue weighted by Crippen LogP contribution is -2.54. The Labute approximate surface area is 345 Å². The lowest BCUT2D eigenvalue weighted by molar-refractivity contribution is -0.141. The lowest BCUT2D eigenvalue weighted by Gasteiger charge is -2.43. The van der Waals surface area contributed by atoms with Gasteiger partial charge in [-0.2, -0.15) is 0 Å². The zero-order valence-corrected chi connectivity index (χ0v) is 34.2. The summed E-state index contributed by atoms with van der Waals surface area (Å²) in [6.45, 7) is 7.70. The molecule has 4 heterocycles. The van der Waals surface area contributed by atoms with Gasteiger partial charge in [-0.15, -0.1) is 0 Å². The number of likely N-dealkylation sites (tertiary alicyclic amines) is 2. The van der Waals surface area contributed by atoms with Gasteiger partial charge in [-0.25, -0.2) is 18.7 Å². The quantitative estimate of drug-likeness (QED) is 0.184. The number of amides is 4. The van der Waals surface area contributed by atoms with Gasteiger partial charge >= 0.3 is 0 Å². The average molecular weight is 817 g/mol. The molecule has 2 aromatic carbocycles. The Balaban J connectivity index is 0.000000236. The molecule has 4 amide bonds. The Morgan fingerprint density at radius 3 is 2.36 bits per heavy atom. The Bertz CT molecular complexity index is 1960. The number of carbonyl (C=O) groups excluding carboxylic acids is 4. The van der Waals surface area contributed by atoms with Gasteiger partial charge in [0.05, 0.1) is 11.8 Å². The number of halogens is 2. The van der Waals surface area contributed by atoms with E-state index < -0.39 is 17.5 Å². The second-order valence-corrected chi connectivity index (χ2v) is 16.3. The van der Waals surface area contributed by atoms with Crippen LogP contribution in [-0.4, -0.2) is 99.4 Å². The van der Waals surface area contributed by atoms with Crippen molar-refractivity contribution >= 4 is 41.0 Å². The molecule has 0 bridgehead atoms. The molecule has 3 aliphatic heterocycles. The molecule has 7 rings (SSSR count). The Kier molecular flexibility index (Phi) is 14.6. The predicted octanol–water partition coefficient (Wildman–Crippen LogP) is 5.78. The molecule has 5 N–H and O–H groups in total. The number of rotatable bonds is 10. The minimum atomic E-state index is -0.773. The van der Waals surface area contributed by atoms with E-state index in [-0.39, 0.29) is 59.3 Å². The van der Waals surface area contributed by atoms with Crippen LogP contribution in [0.5, 0.6) is 0 Å². The van der Waals surface area contributed by atoms with Crippen LogP contribution in [0.3, 0.4) is 0 Å². The highest BCUT2D eigenvalue weighted by Crippen LogP contribution is 2.34. The summed E-state index contributed by atoms with van der Waals surface area (Å²) in [4.78, 5) is 61.5. The number of nitrogens with one attached hydrogen (secondary N) is 2. The summed E-state index contributed by atoms with van der Waals surface area (Å²) in [6, 6.07) is 11.5. The minimum Gasteiger partial charge on any atom is -0.388 e. The maximum Gasteiger partial charge on any atom is 0.249 e. The highest BCUT2D eigenvalue weighted by Gasteiger charge is 2.38. The number of piperidine rings is 3. The first kappa shape index (κ1) is 43.6. The van der Waals surface area contributed by atoms with Crippen molar-refractivity contribution in [1.29, 1.82) is 0 Å². The van der Waals surface area contributed by atoms with Crippen LogP contribution < -0.4 is 21.3 Å². The van der Waals surface area contributed by atoms with Crippen molar-refractivity contribution in [1.82, 2.24) is 25.1 Å². The number of β-amino-alcohol motifs (C(OH)–C–C–N with tert-alkyl or cyclic N) is 1. The van der Waals surface area contributed by atoms with E-state index in [1.165, 1.54) is 12.5 Å². The van der Waals surface area contributed by atoms with E-state index in [4.69, 9.17) is 5.73 Å². The van der Waals surface area contributed by atoms with Gasteiger partial charge < -0.3 is 30.9 Å². The highest BCUT2D eigenvalue weighted by atomic mass is 19.1. The molecule has 0 spiro atoms. The third kappa shape index (κ3) is 11.2. The fraction of sp³-hybridized carbons (Fsp3) is 0.545. The number of nitrogen functional groups attached to an aromatic ring is 1. The van der Waals surface area contributed by atoms with Crippen LogP contribution in [0, 0.1) is 17.6 Å². The fourth-order valence-electron chi connectivity index (χ4n) is 8.81. The Morgan fingerprint density at radius 2 is 1.69 bits per heavy atom. The smallest absolute Gasteiger partial charge is 0.249 e. The number of imide groups is 1. The van der Waals surface area contributed by atoms with Crippen LogP contribution in [0.1, 0.15) is 102 Å². The predicted molar refractivity (Wildman–Crippen MR) is 222 cm³/mol. The molecule has 15 heteroatoms. The number of aromatic nitrogens is 2. The summed E-state index contributed by atoms with van der Waals surface area (Å²) in [5.41, 5.74) is 7.35. The van der Waals surface area contributed by atoms with Crippen LogP contribution in [-0.2, 0) is 19.2 Å². The Hall–Kier alpha value is -5.02. The van der Waals surface area contributed by atoms with Gasteiger partial charge in [0, 0.05) is 61.9 Å². The van der Waals surface area contributed by atoms with Crippen molar-refractivity contribution in [3.63, 3.8) is 0 Å². The number of hydrogen-bond acceptors (Lipinski definition) is 10. The summed E-state index contributed by atoms with van der Waals surface area (Å²) in [7, 11) is 0. The molecule has 3 aromatic rings. The van der Waals surface area contributed by atoms with Gasteiger partial charge in [-0.3, -0.25) is 24.5 Å². The third-order valence-corrected chi connectivity index (χ3v) is 12.2. The van der Waals surface area contributed by atoms with Crippen LogP contribution in [0.25, 0.3) is 11.3 Å². The average Bonchev–Trinajstić information content (AvgIpc) is 3.24. The molecule has 1 aliphatic carbocycles. The monoisotopic (exact) mass is 816 g/mol. The maximum absolute atomic E-state index is 15.0. The van der Waals surface area contributed by atoms with Gasteiger partial charge in [0.2, 0.25) is 29.6 Å². The fourth-order valence-corrected chi connectivity index (χ4v) is 8.81. The molecule has 1 aromatic heterocycles. The molecular weight excluding hydrogens is 759 g/mol. The molecule has 1 saturated carbocycles. The van der Waals surface area contributed by atoms with Gasteiger partial charge in [-0.1, -0.05) is 44.4 Å². The molecule has 13 nitrogen and oxygen atoms in total. The summed E-state index contributed by atoms with van der Waals surface area (Å²) >= 11 is 0. The van der Waals surface area contributed by atoms with Crippen LogP contribution >= 0.6 is 0 Å². The van der Waals surface area contributed by atoms with E-state index in [1.807, 2.05) is 17.9 Å². The van der Waals surface area contributed by atoms with Crippen molar-refractivity contribution in [3.8, 4) is 11.3 Å². The highest BCUT2D eigenvalue weighted by molar-refractivity contribution is 6.01. The van der Waals surface area contributed by atoms with E-state index in [1.54, 1.807) is 42.2 Å². The standard InChI is InChI=1S/C29H41FN4O4.C15H17FN4O/c30-24-18-22(31-25-8-9-26(35)32-27(25)36)6-7-23(24)20-10-14-33(15-11-20)19-29(38)12-16-34(17-13-29)28(37)21-4-2-1-3-5-21;1-3-13(21)20(4-2)11-7-5-6-10(8-11)14-12(16)9-18-15(17)19-14/h6-7,18,20-21,25,31,38H,1-5,8-17,19H2,(H,32,35,36);5-9H,3-4H2,1-2H3,(H2,17,18,19). The van der Waals surface area contributed by atoms with E-state index in [0.717, 1.165) is 57.8 Å². The van der Waals surface area contributed by atoms with Crippen molar-refractivity contribution < 1.29 is 33.1 Å².